The van der Waals surface area contributed by atoms with Gasteiger partial charge in [-0.25, -0.2) is 4.79 Å². The number of carbonyl (C=O) groups excluding carboxylic acids is 2. The molecule has 0 aliphatic heterocycles. The lowest BCUT2D eigenvalue weighted by atomic mass is 9.88. The first-order chi connectivity index (χ1) is 13.4. The second kappa shape index (κ2) is 8.69. The molecule has 0 spiro atoms. The van der Waals surface area contributed by atoms with Crippen LogP contribution in [0.15, 0.2) is 42.5 Å². The van der Waals surface area contributed by atoms with E-state index in [0.717, 1.165) is 31.2 Å². The SMILES string of the molecule is Cc1ccc(C(=O)O)cc1NC(=O)c1cccc(NC(=O)C2CCCCC2)c1. The first-order valence-corrected chi connectivity index (χ1v) is 9.50. The van der Waals surface area contributed by atoms with Crippen LogP contribution in [0.2, 0.25) is 0 Å². The molecule has 2 aromatic carbocycles. The molecule has 0 bridgehead atoms. The first kappa shape index (κ1) is 19.6. The summed E-state index contributed by atoms with van der Waals surface area (Å²) in [4.78, 5) is 36.2. The number of carboxylic acids is 1. The van der Waals surface area contributed by atoms with Crippen LogP contribution in [-0.4, -0.2) is 22.9 Å². The summed E-state index contributed by atoms with van der Waals surface area (Å²) in [5, 5.41) is 14.8. The maximum Gasteiger partial charge on any atom is 0.335 e. The molecule has 6 nitrogen and oxygen atoms in total. The van der Waals surface area contributed by atoms with Crippen molar-refractivity contribution in [3.8, 4) is 0 Å². The van der Waals surface area contributed by atoms with Gasteiger partial charge in [-0.05, 0) is 55.7 Å². The van der Waals surface area contributed by atoms with Gasteiger partial charge in [0, 0.05) is 22.9 Å². The average molecular weight is 380 g/mol. The van der Waals surface area contributed by atoms with Gasteiger partial charge in [-0.2, -0.15) is 0 Å². The predicted molar refractivity (Wildman–Crippen MR) is 108 cm³/mol. The summed E-state index contributed by atoms with van der Waals surface area (Å²) in [6.07, 6.45) is 5.16. The smallest absolute Gasteiger partial charge is 0.335 e. The fourth-order valence-corrected chi connectivity index (χ4v) is 3.43. The Bertz CT molecular complexity index is 901. The molecule has 2 amide bonds. The zero-order valence-corrected chi connectivity index (χ0v) is 15.8. The number of aromatic carboxylic acids is 1. The van der Waals surface area contributed by atoms with Gasteiger partial charge in [0.15, 0.2) is 0 Å². The van der Waals surface area contributed by atoms with E-state index in [1.807, 2.05) is 0 Å². The zero-order valence-electron chi connectivity index (χ0n) is 15.8. The van der Waals surface area contributed by atoms with Gasteiger partial charge < -0.3 is 15.7 Å². The molecule has 6 heteroatoms. The monoisotopic (exact) mass is 380 g/mol. The number of hydrogen-bond acceptors (Lipinski definition) is 3. The van der Waals surface area contributed by atoms with Gasteiger partial charge in [0.05, 0.1) is 5.56 Å². The summed E-state index contributed by atoms with van der Waals surface area (Å²) < 4.78 is 0. The minimum atomic E-state index is -1.05. The molecular weight excluding hydrogens is 356 g/mol. The third-order valence-corrected chi connectivity index (χ3v) is 5.10. The molecule has 0 atom stereocenters. The molecule has 0 radical (unpaired) electrons. The molecule has 3 rings (SSSR count). The summed E-state index contributed by atoms with van der Waals surface area (Å²) in [7, 11) is 0. The van der Waals surface area contributed by atoms with Gasteiger partial charge in [-0.15, -0.1) is 0 Å². The largest absolute Gasteiger partial charge is 0.478 e. The van der Waals surface area contributed by atoms with Gasteiger partial charge in [0.2, 0.25) is 5.91 Å². The summed E-state index contributed by atoms with van der Waals surface area (Å²) >= 11 is 0. The van der Waals surface area contributed by atoms with Crippen LogP contribution in [-0.2, 0) is 4.79 Å². The molecule has 2 aromatic rings. The van der Waals surface area contributed by atoms with Crippen LogP contribution in [0, 0.1) is 12.8 Å². The summed E-state index contributed by atoms with van der Waals surface area (Å²) in [5.41, 5.74) is 2.29. The minimum absolute atomic E-state index is 0.00209. The normalized spacial score (nSPS) is 14.3. The third kappa shape index (κ3) is 4.76. The van der Waals surface area contributed by atoms with Crippen LogP contribution in [0.4, 0.5) is 11.4 Å². The number of hydrogen-bond donors (Lipinski definition) is 3. The van der Waals surface area contributed by atoms with Crippen molar-refractivity contribution in [3.05, 3.63) is 59.2 Å². The zero-order chi connectivity index (χ0) is 20.1. The lowest BCUT2D eigenvalue weighted by molar-refractivity contribution is -0.120. The second-order valence-corrected chi connectivity index (χ2v) is 7.19. The van der Waals surface area contributed by atoms with Crippen LogP contribution in [0.25, 0.3) is 0 Å². The fraction of sp³-hybridized carbons (Fsp3) is 0.318. The lowest BCUT2D eigenvalue weighted by Crippen LogP contribution is -2.24. The molecule has 0 saturated heterocycles. The Labute approximate surface area is 164 Å². The Morgan fingerprint density at radius 2 is 1.68 bits per heavy atom. The third-order valence-electron chi connectivity index (χ3n) is 5.10. The van der Waals surface area contributed by atoms with E-state index in [1.165, 1.54) is 18.6 Å². The maximum atomic E-state index is 12.6. The van der Waals surface area contributed by atoms with E-state index in [2.05, 4.69) is 10.6 Å². The Morgan fingerprint density at radius 1 is 0.929 bits per heavy atom. The van der Waals surface area contributed by atoms with Gasteiger partial charge in [-0.3, -0.25) is 9.59 Å². The molecule has 146 valence electrons. The van der Waals surface area contributed by atoms with Crippen molar-refractivity contribution in [2.75, 3.05) is 10.6 Å². The molecular formula is C22H24N2O4. The standard InChI is InChI=1S/C22H24N2O4/c1-14-10-11-17(22(27)28)13-19(14)24-21(26)16-8-5-9-18(12-16)23-20(25)15-6-3-2-4-7-15/h5,8-13,15H,2-4,6-7H2,1H3,(H,23,25)(H,24,26)(H,27,28). The quantitative estimate of drug-likeness (QED) is 0.713. The van der Waals surface area contributed by atoms with Crippen molar-refractivity contribution in [2.45, 2.75) is 39.0 Å². The van der Waals surface area contributed by atoms with E-state index < -0.39 is 5.97 Å². The van der Waals surface area contributed by atoms with Crippen molar-refractivity contribution in [1.29, 1.82) is 0 Å². The first-order valence-electron chi connectivity index (χ1n) is 9.50. The fourth-order valence-electron chi connectivity index (χ4n) is 3.43. The lowest BCUT2D eigenvalue weighted by Gasteiger charge is -2.20. The molecule has 0 heterocycles. The van der Waals surface area contributed by atoms with E-state index in [1.54, 1.807) is 37.3 Å². The second-order valence-electron chi connectivity index (χ2n) is 7.19. The Balaban J connectivity index is 1.71. The van der Waals surface area contributed by atoms with Gasteiger partial charge in [0.25, 0.3) is 5.91 Å². The highest BCUT2D eigenvalue weighted by Gasteiger charge is 2.21. The van der Waals surface area contributed by atoms with E-state index >= 15 is 0 Å². The van der Waals surface area contributed by atoms with Crippen molar-refractivity contribution in [2.24, 2.45) is 5.92 Å². The number of nitrogens with one attached hydrogen (secondary N) is 2. The highest BCUT2D eigenvalue weighted by molar-refractivity contribution is 6.06. The van der Waals surface area contributed by atoms with Crippen LogP contribution < -0.4 is 10.6 Å². The van der Waals surface area contributed by atoms with Gasteiger partial charge >= 0.3 is 5.97 Å². The number of rotatable bonds is 5. The molecule has 0 aromatic heterocycles. The Morgan fingerprint density at radius 3 is 2.39 bits per heavy atom. The summed E-state index contributed by atoms with van der Waals surface area (Å²) in [6.45, 7) is 1.79. The summed E-state index contributed by atoms with van der Waals surface area (Å²) in [5.74, 6) is -1.38. The molecule has 1 aliphatic carbocycles. The predicted octanol–water partition coefficient (Wildman–Crippen LogP) is 4.46. The topological polar surface area (TPSA) is 95.5 Å². The Kier molecular flexibility index (Phi) is 6.09. The average Bonchev–Trinajstić information content (AvgIpc) is 2.70. The van der Waals surface area contributed by atoms with Crippen molar-refractivity contribution < 1.29 is 19.5 Å². The minimum Gasteiger partial charge on any atom is -0.478 e. The molecule has 1 fully saturated rings. The van der Waals surface area contributed by atoms with Gasteiger partial charge in [0.1, 0.15) is 0 Å². The molecule has 3 N–H and O–H groups in total. The highest BCUT2D eigenvalue weighted by Crippen LogP contribution is 2.25. The molecule has 1 aliphatic rings. The Hall–Kier alpha value is -3.15. The van der Waals surface area contributed by atoms with Crippen LogP contribution in [0.5, 0.6) is 0 Å². The van der Waals surface area contributed by atoms with E-state index in [0.29, 0.717) is 16.9 Å². The number of carboxylic acid groups (broad SMARTS) is 1. The summed E-state index contributed by atoms with van der Waals surface area (Å²) in [6, 6.07) is 11.3. The molecule has 28 heavy (non-hydrogen) atoms. The number of aryl methyl sites for hydroxylation is 1. The van der Waals surface area contributed by atoms with Crippen LogP contribution >= 0.6 is 0 Å². The van der Waals surface area contributed by atoms with Crippen molar-refractivity contribution >= 4 is 29.2 Å². The number of anilines is 2. The van der Waals surface area contributed by atoms with Crippen LogP contribution in [0.1, 0.15) is 58.4 Å². The maximum absolute atomic E-state index is 12.6. The number of amides is 2. The van der Waals surface area contributed by atoms with E-state index in [-0.39, 0.29) is 23.3 Å². The van der Waals surface area contributed by atoms with Crippen molar-refractivity contribution in [3.63, 3.8) is 0 Å². The van der Waals surface area contributed by atoms with Crippen LogP contribution in [0.3, 0.4) is 0 Å². The van der Waals surface area contributed by atoms with E-state index in [9.17, 15) is 14.4 Å². The van der Waals surface area contributed by atoms with Crippen molar-refractivity contribution in [1.82, 2.24) is 0 Å². The molecule has 1 saturated carbocycles. The van der Waals surface area contributed by atoms with E-state index in [4.69, 9.17) is 5.11 Å². The number of benzene rings is 2. The number of carbonyl (C=O) groups is 3. The van der Waals surface area contributed by atoms with Gasteiger partial charge in [-0.1, -0.05) is 31.4 Å². The molecule has 0 unspecified atom stereocenters. The highest BCUT2D eigenvalue weighted by atomic mass is 16.4.